The van der Waals surface area contributed by atoms with Gasteiger partial charge in [-0.2, -0.15) is 0 Å². The van der Waals surface area contributed by atoms with Gasteiger partial charge >= 0.3 is 13.9 Å². The van der Waals surface area contributed by atoms with E-state index in [1.807, 2.05) is 30.3 Å². The molecule has 0 amide bonds. The van der Waals surface area contributed by atoms with Crippen LogP contribution in [0.5, 0.6) is 0 Å². The molecular formula is C17H19N5O7P+. The molecule has 158 valence electrons. The monoisotopic (exact) mass is 436 g/mol. The molecule has 0 bridgehead atoms. The average Bonchev–Trinajstić information content (AvgIpc) is 3.19. The van der Waals surface area contributed by atoms with E-state index < -0.39 is 45.0 Å². The van der Waals surface area contributed by atoms with E-state index in [-0.39, 0.29) is 17.1 Å². The molecule has 4 rings (SSSR count). The molecule has 1 aliphatic heterocycles. The van der Waals surface area contributed by atoms with Crippen molar-refractivity contribution in [3.8, 4) is 0 Å². The maximum atomic E-state index is 12.6. The molecule has 1 fully saturated rings. The van der Waals surface area contributed by atoms with Crippen LogP contribution in [0, 0.1) is 0 Å². The Balaban J connectivity index is 1.75. The minimum absolute atomic E-state index is 0.130. The molecule has 13 heteroatoms. The van der Waals surface area contributed by atoms with Gasteiger partial charge in [0.2, 0.25) is 11.7 Å². The number of anilines is 1. The molecule has 0 radical (unpaired) electrons. The van der Waals surface area contributed by atoms with E-state index in [4.69, 9.17) is 10.5 Å². The number of benzene rings is 1. The van der Waals surface area contributed by atoms with Crippen LogP contribution in [0.4, 0.5) is 5.95 Å². The van der Waals surface area contributed by atoms with E-state index in [1.54, 1.807) is 4.57 Å². The summed E-state index contributed by atoms with van der Waals surface area (Å²) in [5.74, 6) is -0.130. The van der Waals surface area contributed by atoms with Crippen molar-refractivity contribution in [1.29, 1.82) is 0 Å². The van der Waals surface area contributed by atoms with Crippen molar-refractivity contribution in [3.05, 3.63) is 52.6 Å². The first kappa shape index (κ1) is 20.5. The van der Waals surface area contributed by atoms with Gasteiger partial charge in [-0.3, -0.25) is 14.3 Å². The fourth-order valence-electron chi connectivity index (χ4n) is 3.49. The first-order valence-corrected chi connectivity index (χ1v) is 10.1. The number of hydrogen-bond acceptors (Lipinski definition) is 9. The van der Waals surface area contributed by atoms with Crippen LogP contribution in [0.1, 0.15) is 11.8 Å². The second-order valence-corrected chi connectivity index (χ2v) is 7.53. The minimum atomic E-state index is -3.14. The van der Waals surface area contributed by atoms with Gasteiger partial charge in [0.1, 0.15) is 24.9 Å². The van der Waals surface area contributed by atoms with Crippen LogP contribution < -0.4 is 20.8 Å². The zero-order valence-electron chi connectivity index (χ0n) is 15.5. The largest absolute Gasteiger partial charge is 0.566 e. The summed E-state index contributed by atoms with van der Waals surface area (Å²) >= 11 is 0. The Bertz CT molecular complexity index is 1130. The minimum Gasteiger partial charge on any atom is -0.566 e. The number of aliphatic hydroxyl groups excluding tert-OH is 2. The summed E-state index contributed by atoms with van der Waals surface area (Å²) in [7, 11) is -3.14. The molecule has 3 aromatic rings. The highest BCUT2D eigenvalue weighted by Gasteiger charge is 2.47. The summed E-state index contributed by atoms with van der Waals surface area (Å²) in [6.07, 6.45) is -3.56. The average molecular weight is 436 g/mol. The number of aromatic nitrogens is 4. The number of aromatic amines is 1. The second-order valence-electron chi connectivity index (χ2n) is 6.83. The van der Waals surface area contributed by atoms with Crippen molar-refractivity contribution in [2.75, 3.05) is 12.3 Å². The van der Waals surface area contributed by atoms with Crippen LogP contribution >= 0.6 is 8.25 Å². The van der Waals surface area contributed by atoms with Crippen LogP contribution in [0.2, 0.25) is 0 Å². The highest BCUT2D eigenvalue weighted by Crippen LogP contribution is 2.28. The van der Waals surface area contributed by atoms with Crippen molar-refractivity contribution >= 4 is 25.4 Å². The summed E-state index contributed by atoms with van der Waals surface area (Å²) in [6, 6.07) is 9.37. The molecule has 12 nitrogen and oxygen atoms in total. The van der Waals surface area contributed by atoms with E-state index >= 15 is 0 Å². The molecule has 5 N–H and O–H groups in total. The molecule has 2 unspecified atom stereocenters. The van der Waals surface area contributed by atoms with E-state index in [0.29, 0.717) is 6.54 Å². The van der Waals surface area contributed by atoms with Gasteiger partial charge in [-0.1, -0.05) is 35.3 Å². The molecule has 0 saturated carbocycles. The number of imidazole rings is 1. The van der Waals surface area contributed by atoms with Crippen LogP contribution in [0.3, 0.4) is 0 Å². The molecule has 1 saturated heterocycles. The van der Waals surface area contributed by atoms with Crippen LogP contribution in [-0.4, -0.2) is 49.7 Å². The number of nitrogens with one attached hydrogen (secondary N) is 1. The Hall–Kier alpha value is -2.73. The topological polar surface area (TPSA) is 180 Å². The summed E-state index contributed by atoms with van der Waals surface area (Å²) in [5, 5.41) is 20.7. The zero-order chi connectivity index (χ0) is 21.4. The third kappa shape index (κ3) is 3.84. The van der Waals surface area contributed by atoms with Crippen LogP contribution in [0.25, 0.3) is 11.2 Å². The van der Waals surface area contributed by atoms with Gasteiger partial charge in [-0.15, -0.1) is 4.52 Å². The van der Waals surface area contributed by atoms with Crippen molar-refractivity contribution in [3.63, 3.8) is 0 Å². The first-order chi connectivity index (χ1) is 14.3. The van der Waals surface area contributed by atoms with Crippen molar-refractivity contribution in [2.45, 2.75) is 31.1 Å². The standard InChI is InChI=1S/C17H18N5O7P/c18-17-19-14-11(15(25)20-17)21(6-9-4-2-1-3-5-9)8-22(14)16-13(24)12(23)10(29-16)7-28-30(26)27/h1-5,8,10,12-13,16,23-24H,6-7H2,(H2-,18,19,20,25)/p+1/t10-,12-,13-,16?/m1/s1. The fraction of sp³-hybridized carbons (Fsp3) is 0.353. The number of rotatable bonds is 6. The van der Waals surface area contributed by atoms with Crippen molar-refractivity contribution in [1.82, 2.24) is 14.5 Å². The number of nitrogens with zero attached hydrogens (tertiary/aromatic N) is 3. The molecule has 5 atom stereocenters. The molecule has 3 heterocycles. The van der Waals surface area contributed by atoms with Crippen LogP contribution in [-0.2, 0) is 20.4 Å². The number of H-pyrrole nitrogens is 1. The van der Waals surface area contributed by atoms with Gasteiger partial charge < -0.3 is 25.6 Å². The lowest BCUT2D eigenvalue weighted by Gasteiger charge is -2.12. The highest BCUT2D eigenvalue weighted by atomic mass is 31.1. The maximum Gasteiger partial charge on any atom is 0.488 e. The molecule has 1 aromatic carbocycles. The highest BCUT2D eigenvalue weighted by molar-refractivity contribution is 7.30. The van der Waals surface area contributed by atoms with Gasteiger partial charge in [0.05, 0.1) is 6.54 Å². The number of ether oxygens (including phenoxy) is 1. The lowest BCUT2D eigenvalue weighted by Crippen LogP contribution is -2.46. The van der Waals surface area contributed by atoms with E-state index in [1.165, 1.54) is 10.9 Å². The summed E-state index contributed by atoms with van der Waals surface area (Å²) in [4.78, 5) is 29.9. The molecule has 0 spiro atoms. The Morgan fingerprint density at radius 3 is 2.77 bits per heavy atom. The quantitative estimate of drug-likeness (QED) is 0.259. The van der Waals surface area contributed by atoms with E-state index in [0.717, 1.165) is 5.56 Å². The van der Waals surface area contributed by atoms with Gasteiger partial charge in [0.15, 0.2) is 6.33 Å². The number of nitrogen functional groups attached to an aromatic ring is 1. The van der Waals surface area contributed by atoms with Crippen LogP contribution in [0.15, 0.2) is 41.5 Å². The molecule has 1 aliphatic rings. The number of hydrogen-bond donors (Lipinski definition) is 4. The van der Waals surface area contributed by atoms with Crippen molar-refractivity contribution < 1.29 is 33.5 Å². The molecule has 2 aromatic heterocycles. The molecule has 0 aliphatic carbocycles. The Kier molecular flexibility index (Phi) is 5.60. The predicted octanol–water partition coefficient (Wildman–Crippen LogP) is -1.70. The van der Waals surface area contributed by atoms with E-state index in [9.17, 15) is 24.5 Å². The fourth-order valence-corrected chi connectivity index (χ4v) is 3.76. The van der Waals surface area contributed by atoms with Gasteiger partial charge in [-0.05, 0) is 10.1 Å². The molecular weight excluding hydrogens is 417 g/mol. The predicted molar refractivity (Wildman–Crippen MR) is 100.0 cm³/mol. The normalized spacial score (nSPS) is 24.4. The van der Waals surface area contributed by atoms with E-state index in [2.05, 4.69) is 14.5 Å². The number of aliphatic hydroxyl groups is 2. The lowest BCUT2D eigenvalue weighted by molar-refractivity contribution is -0.745. The maximum absolute atomic E-state index is 12.6. The Morgan fingerprint density at radius 1 is 1.33 bits per heavy atom. The third-order valence-corrected chi connectivity index (χ3v) is 5.20. The number of fused-ring (bicyclic) bond motifs is 1. The Labute approximate surface area is 170 Å². The smallest absolute Gasteiger partial charge is 0.488 e. The summed E-state index contributed by atoms with van der Waals surface area (Å²) in [5.41, 5.74) is 6.46. The SMILES string of the molecule is Nc1nc2c(c(=O)[nH]1)n(Cc1ccccc1)c[n+]2C1O[C@H](CO[P+](=O)[O-])[C@@H](O)[C@H]1O. The third-order valence-electron chi connectivity index (χ3n) is 4.84. The first-order valence-electron chi connectivity index (χ1n) is 8.97. The van der Waals surface area contributed by atoms with Gasteiger partial charge in [0.25, 0.3) is 11.5 Å². The number of nitrogens with two attached hydrogens (primary N) is 1. The lowest BCUT2D eigenvalue weighted by atomic mass is 10.1. The summed E-state index contributed by atoms with van der Waals surface area (Å²) in [6.45, 7) is -0.139. The second kappa shape index (κ2) is 8.19. The van der Waals surface area contributed by atoms with Gasteiger partial charge in [-0.25, -0.2) is 4.57 Å². The molecule has 30 heavy (non-hydrogen) atoms. The zero-order valence-corrected chi connectivity index (χ0v) is 16.4. The van der Waals surface area contributed by atoms with Crippen molar-refractivity contribution in [2.24, 2.45) is 0 Å². The summed E-state index contributed by atoms with van der Waals surface area (Å²) < 4.78 is 23.8. The van der Waals surface area contributed by atoms with Gasteiger partial charge in [0, 0.05) is 0 Å². The Morgan fingerprint density at radius 2 is 2.07 bits per heavy atom.